The molecule has 222 valence electrons. The number of benzene rings is 1. The first-order valence-corrected chi connectivity index (χ1v) is 14.4. The van der Waals surface area contributed by atoms with Crippen molar-refractivity contribution < 1.29 is 14.6 Å². The first-order valence-electron chi connectivity index (χ1n) is 14.4. The molecule has 0 spiro atoms. The van der Waals surface area contributed by atoms with E-state index >= 15 is 0 Å². The third kappa shape index (κ3) is 6.67. The molecule has 5 rings (SSSR count). The third-order valence-corrected chi connectivity index (χ3v) is 7.43. The highest BCUT2D eigenvalue weighted by atomic mass is 16.6. The van der Waals surface area contributed by atoms with Gasteiger partial charge in [-0.15, -0.1) is 0 Å². The van der Waals surface area contributed by atoms with Gasteiger partial charge >= 0.3 is 6.09 Å². The van der Waals surface area contributed by atoms with Gasteiger partial charge in [0.15, 0.2) is 0 Å². The average molecular weight is 573 g/mol. The molecule has 42 heavy (non-hydrogen) atoms. The van der Waals surface area contributed by atoms with Crippen LogP contribution in [0.2, 0.25) is 0 Å². The molecule has 0 aliphatic heterocycles. The highest BCUT2D eigenvalue weighted by Crippen LogP contribution is 2.32. The molecule has 3 heterocycles. The van der Waals surface area contributed by atoms with Crippen molar-refractivity contribution in [1.29, 1.82) is 0 Å². The van der Waals surface area contributed by atoms with Crippen molar-refractivity contribution in [2.24, 2.45) is 17.8 Å². The number of ether oxygens (including phenoxy) is 1. The van der Waals surface area contributed by atoms with Crippen LogP contribution >= 0.6 is 0 Å². The summed E-state index contributed by atoms with van der Waals surface area (Å²) in [5, 5.41) is 25.7. The van der Waals surface area contributed by atoms with Gasteiger partial charge in [-0.25, -0.2) is 14.3 Å². The van der Waals surface area contributed by atoms with E-state index in [4.69, 9.17) is 15.5 Å². The zero-order chi connectivity index (χ0) is 30.0. The Balaban J connectivity index is 1.45. The lowest BCUT2D eigenvalue weighted by molar-refractivity contribution is 0.0492. The molecule has 0 saturated heterocycles. The molecule has 0 bridgehead atoms. The quantitative estimate of drug-likeness (QED) is 0.174. The molecule has 0 radical (unpaired) electrons. The lowest BCUT2D eigenvalue weighted by Gasteiger charge is -2.31. The molecule has 1 amide bonds. The number of aliphatic imine (C=N–C) groups is 1. The second-order valence-corrected chi connectivity index (χ2v) is 11.9. The number of hydrogen-bond donors (Lipinski definition) is 4. The van der Waals surface area contributed by atoms with E-state index in [-0.39, 0.29) is 23.9 Å². The van der Waals surface area contributed by atoms with Gasteiger partial charge < -0.3 is 26.2 Å². The molecule has 4 aromatic rings. The SMILES string of the molecule is CCc1cc(O)ccc1N=C(N)c1cnn2cc(-c3cnn(C)c3)cc2c1NC1CCC(NC(=O)OC(C)(C)C)CC1. The number of amides is 1. The highest BCUT2D eigenvalue weighted by molar-refractivity contribution is 6.06. The van der Waals surface area contributed by atoms with Gasteiger partial charge in [0.2, 0.25) is 0 Å². The Morgan fingerprint density at radius 2 is 1.83 bits per heavy atom. The first kappa shape index (κ1) is 29.0. The lowest BCUT2D eigenvalue weighted by atomic mass is 9.91. The number of carbonyl (C=O) groups is 1. The highest BCUT2D eigenvalue weighted by Gasteiger charge is 2.26. The Kier molecular flexibility index (Phi) is 8.11. The van der Waals surface area contributed by atoms with Gasteiger partial charge in [0, 0.05) is 42.7 Å². The fourth-order valence-corrected chi connectivity index (χ4v) is 5.35. The summed E-state index contributed by atoms with van der Waals surface area (Å²) < 4.78 is 9.06. The molecule has 0 atom stereocenters. The number of nitrogens with one attached hydrogen (secondary N) is 2. The van der Waals surface area contributed by atoms with E-state index in [1.54, 1.807) is 29.1 Å². The van der Waals surface area contributed by atoms with E-state index in [9.17, 15) is 9.90 Å². The normalized spacial score (nSPS) is 17.8. The molecule has 1 fully saturated rings. The van der Waals surface area contributed by atoms with E-state index in [0.717, 1.165) is 53.6 Å². The Labute approximate surface area is 245 Å². The maximum atomic E-state index is 12.3. The van der Waals surface area contributed by atoms with Crippen LogP contribution in [0.4, 0.5) is 16.2 Å². The maximum absolute atomic E-state index is 12.3. The van der Waals surface area contributed by atoms with Crippen LogP contribution in [0.5, 0.6) is 5.75 Å². The number of rotatable bonds is 7. The summed E-state index contributed by atoms with van der Waals surface area (Å²) >= 11 is 0. The van der Waals surface area contributed by atoms with Crippen LogP contribution in [0.15, 0.2) is 54.0 Å². The molecule has 1 aromatic carbocycles. The van der Waals surface area contributed by atoms with E-state index in [1.165, 1.54) is 0 Å². The molecular formula is C31H40N8O3. The maximum Gasteiger partial charge on any atom is 0.407 e. The number of aryl methyl sites for hydroxylation is 2. The molecule has 1 aliphatic carbocycles. The summed E-state index contributed by atoms with van der Waals surface area (Å²) in [6.07, 6.45) is 11.2. The van der Waals surface area contributed by atoms with Gasteiger partial charge in [-0.1, -0.05) is 6.92 Å². The van der Waals surface area contributed by atoms with Crippen molar-refractivity contribution in [3.63, 3.8) is 0 Å². The monoisotopic (exact) mass is 572 g/mol. The van der Waals surface area contributed by atoms with Crippen molar-refractivity contribution >= 4 is 28.8 Å². The van der Waals surface area contributed by atoms with Crippen LogP contribution in [0.3, 0.4) is 0 Å². The summed E-state index contributed by atoms with van der Waals surface area (Å²) in [5.74, 6) is 0.528. The molecule has 1 aliphatic rings. The van der Waals surface area contributed by atoms with Crippen molar-refractivity contribution in [3.05, 3.63) is 60.2 Å². The predicted molar refractivity (Wildman–Crippen MR) is 164 cm³/mol. The number of nitrogens with zero attached hydrogens (tertiary/aromatic N) is 5. The van der Waals surface area contributed by atoms with Crippen LogP contribution in [0.25, 0.3) is 16.6 Å². The number of phenolic OH excluding ortho intramolecular Hbond substituents is 1. The molecule has 1 saturated carbocycles. The fraction of sp³-hybridized carbons (Fsp3) is 0.419. The minimum atomic E-state index is -0.530. The number of carbonyl (C=O) groups excluding carboxylic acids is 1. The van der Waals surface area contributed by atoms with Gasteiger partial charge in [0.05, 0.1) is 34.8 Å². The van der Waals surface area contributed by atoms with Crippen LogP contribution < -0.4 is 16.4 Å². The summed E-state index contributed by atoms with van der Waals surface area (Å²) in [4.78, 5) is 17.1. The summed E-state index contributed by atoms with van der Waals surface area (Å²) in [5.41, 5.74) is 12.1. The van der Waals surface area contributed by atoms with E-state index in [0.29, 0.717) is 23.5 Å². The molecule has 11 heteroatoms. The third-order valence-electron chi connectivity index (χ3n) is 7.43. The largest absolute Gasteiger partial charge is 0.508 e. The smallest absolute Gasteiger partial charge is 0.407 e. The molecule has 5 N–H and O–H groups in total. The lowest BCUT2D eigenvalue weighted by Crippen LogP contribution is -2.42. The second kappa shape index (κ2) is 11.8. The van der Waals surface area contributed by atoms with E-state index in [1.807, 2.05) is 57.8 Å². The van der Waals surface area contributed by atoms with Gasteiger partial charge in [-0.3, -0.25) is 4.68 Å². The number of hydrogen-bond acceptors (Lipinski definition) is 7. The topological polar surface area (TPSA) is 144 Å². The Hall–Kier alpha value is -4.54. The second-order valence-electron chi connectivity index (χ2n) is 11.9. The average Bonchev–Trinajstić information content (AvgIpc) is 3.56. The standard InChI is InChI=1S/C31H40N8O3/c1-6-19-13-24(40)11-12-26(19)37-29(32)25-16-34-39-18-20(21-15-33-38(5)17-21)14-27(39)28(25)35-22-7-9-23(10-8-22)36-30(41)42-31(2,3)4/h11-18,22-23,35,40H,6-10H2,1-5H3,(H2,32,37)(H,36,41). The summed E-state index contributed by atoms with van der Waals surface area (Å²) in [6, 6.07) is 7.41. The van der Waals surface area contributed by atoms with E-state index in [2.05, 4.69) is 26.9 Å². The molecule has 11 nitrogen and oxygen atoms in total. The zero-order valence-corrected chi connectivity index (χ0v) is 24.9. The number of alkyl carbamates (subject to hydrolysis) is 1. The number of aromatic hydroxyl groups is 1. The van der Waals surface area contributed by atoms with E-state index < -0.39 is 5.60 Å². The van der Waals surface area contributed by atoms with Gasteiger partial charge in [0.1, 0.15) is 17.2 Å². The van der Waals surface area contributed by atoms with Crippen molar-refractivity contribution in [3.8, 4) is 16.9 Å². The van der Waals surface area contributed by atoms with Crippen LogP contribution in [0.1, 0.15) is 64.5 Å². The number of nitrogens with two attached hydrogens (primary N) is 1. The van der Waals surface area contributed by atoms with Crippen LogP contribution in [-0.2, 0) is 18.2 Å². The summed E-state index contributed by atoms with van der Waals surface area (Å²) in [7, 11) is 1.89. The minimum Gasteiger partial charge on any atom is -0.508 e. The number of phenols is 1. The summed E-state index contributed by atoms with van der Waals surface area (Å²) in [6.45, 7) is 7.60. The van der Waals surface area contributed by atoms with Crippen molar-refractivity contribution in [2.45, 2.75) is 77.5 Å². The zero-order valence-electron chi connectivity index (χ0n) is 24.9. The Bertz CT molecular complexity index is 1610. The van der Waals surface area contributed by atoms with Crippen LogP contribution in [0, 0.1) is 0 Å². The first-order chi connectivity index (χ1) is 20.0. The van der Waals surface area contributed by atoms with Crippen LogP contribution in [-0.4, -0.2) is 54.1 Å². The molecule has 0 unspecified atom stereocenters. The fourth-order valence-electron chi connectivity index (χ4n) is 5.35. The number of amidine groups is 1. The molecular weight excluding hydrogens is 532 g/mol. The van der Waals surface area contributed by atoms with Crippen molar-refractivity contribution in [1.82, 2.24) is 24.7 Å². The van der Waals surface area contributed by atoms with Gasteiger partial charge in [-0.2, -0.15) is 10.2 Å². The number of fused-ring (bicyclic) bond motifs is 1. The number of aromatic nitrogens is 4. The van der Waals surface area contributed by atoms with Gasteiger partial charge in [0.25, 0.3) is 0 Å². The number of anilines is 1. The predicted octanol–water partition coefficient (Wildman–Crippen LogP) is 5.29. The van der Waals surface area contributed by atoms with Gasteiger partial charge in [-0.05, 0) is 82.7 Å². The van der Waals surface area contributed by atoms with Crippen molar-refractivity contribution in [2.75, 3.05) is 5.32 Å². The molecule has 3 aromatic heterocycles. The minimum absolute atomic E-state index is 0.0638. The Morgan fingerprint density at radius 3 is 2.50 bits per heavy atom. The Morgan fingerprint density at radius 1 is 1.10 bits per heavy atom.